The third kappa shape index (κ3) is 2.16. The van der Waals surface area contributed by atoms with Gasteiger partial charge in [0.2, 0.25) is 0 Å². The number of aromatic nitrogens is 4. The summed E-state index contributed by atoms with van der Waals surface area (Å²) in [5.41, 5.74) is 3.19. The van der Waals surface area contributed by atoms with E-state index in [1.807, 2.05) is 17.9 Å². The van der Waals surface area contributed by atoms with Crippen LogP contribution in [0, 0.1) is 0 Å². The fraction of sp³-hybridized carbons (Fsp3) is 0.312. The number of methoxy groups -OCH3 is 1. The van der Waals surface area contributed by atoms with Gasteiger partial charge in [-0.1, -0.05) is 0 Å². The summed E-state index contributed by atoms with van der Waals surface area (Å²) < 4.78 is 7.13. The van der Waals surface area contributed by atoms with E-state index in [1.54, 1.807) is 12.1 Å². The Labute approximate surface area is 133 Å². The van der Waals surface area contributed by atoms with E-state index in [0.717, 1.165) is 30.7 Å². The molecule has 0 amide bonds. The molecule has 0 atom stereocenters. The number of benzene rings is 1. The molecule has 0 spiro atoms. The van der Waals surface area contributed by atoms with Crippen LogP contribution in [0.1, 0.15) is 11.3 Å². The second-order valence-electron chi connectivity index (χ2n) is 5.65. The molecule has 1 N–H and O–H groups in total. The summed E-state index contributed by atoms with van der Waals surface area (Å²) in [6.45, 7) is 1.62. The number of fused-ring (bicyclic) bond motifs is 2. The normalized spacial score (nSPS) is 14.1. The highest BCUT2D eigenvalue weighted by molar-refractivity contribution is 5.92. The van der Waals surface area contributed by atoms with Gasteiger partial charge in [-0.05, 0) is 18.1 Å². The van der Waals surface area contributed by atoms with Crippen molar-refractivity contribution in [1.29, 1.82) is 0 Å². The van der Waals surface area contributed by atoms with Crippen LogP contribution >= 0.6 is 0 Å². The van der Waals surface area contributed by atoms with Gasteiger partial charge in [-0.25, -0.2) is 9.97 Å². The lowest BCUT2D eigenvalue weighted by Gasteiger charge is -2.29. The first-order valence-electron chi connectivity index (χ1n) is 7.44. The van der Waals surface area contributed by atoms with Gasteiger partial charge < -0.3 is 14.7 Å². The fourth-order valence-corrected chi connectivity index (χ4v) is 3.09. The number of phenolic OH excluding ortho intramolecular Hbond substituents is 1. The van der Waals surface area contributed by atoms with Crippen LogP contribution in [-0.2, 0) is 20.0 Å². The minimum atomic E-state index is 0.0808. The molecular weight excluding hydrogens is 294 g/mol. The smallest absolute Gasteiger partial charge is 0.161 e. The molecule has 3 heterocycles. The van der Waals surface area contributed by atoms with E-state index in [0.29, 0.717) is 11.3 Å². The number of aromatic hydroxyl groups is 1. The van der Waals surface area contributed by atoms with E-state index in [-0.39, 0.29) is 5.75 Å². The summed E-state index contributed by atoms with van der Waals surface area (Å²) in [6, 6.07) is 3.40. The molecule has 1 aliphatic heterocycles. The van der Waals surface area contributed by atoms with Crippen molar-refractivity contribution >= 4 is 16.7 Å². The van der Waals surface area contributed by atoms with Gasteiger partial charge in [0, 0.05) is 25.0 Å². The van der Waals surface area contributed by atoms with Crippen molar-refractivity contribution in [2.45, 2.75) is 13.0 Å². The zero-order valence-electron chi connectivity index (χ0n) is 13.0. The van der Waals surface area contributed by atoms with Crippen LogP contribution in [0.5, 0.6) is 11.5 Å². The summed E-state index contributed by atoms with van der Waals surface area (Å²) in [7, 11) is 3.49. The van der Waals surface area contributed by atoms with Gasteiger partial charge in [0.15, 0.2) is 11.5 Å². The van der Waals surface area contributed by atoms with Gasteiger partial charge in [-0.15, -0.1) is 0 Å². The van der Waals surface area contributed by atoms with E-state index in [9.17, 15) is 5.11 Å². The average Bonchev–Trinajstić information content (AvgIpc) is 2.94. The van der Waals surface area contributed by atoms with Crippen LogP contribution in [0.15, 0.2) is 24.7 Å². The van der Waals surface area contributed by atoms with Crippen LogP contribution in [0.2, 0.25) is 0 Å². The van der Waals surface area contributed by atoms with E-state index in [4.69, 9.17) is 4.74 Å². The maximum absolute atomic E-state index is 9.94. The Balaban J connectivity index is 1.82. The van der Waals surface area contributed by atoms with Gasteiger partial charge in [0.05, 0.1) is 31.1 Å². The Morgan fingerprint density at radius 2 is 2.13 bits per heavy atom. The first kappa shape index (κ1) is 13.8. The highest BCUT2D eigenvalue weighted by atomic mass is 16.5. The minimum absolute atomic E-state index is 0.0808. The Morgan fingerprint density at radius 3 is 2.96 bits per heavy atom. The lowest BCUT2D eigenvalue weighted by atomic mass is 10.1. The first-order valence-corrected chi connectivity index (χ1v) is 7.44. The number of phenols is 1. The molecule has 1 aromatic carbocycles. The minimum Gasteiger partial charge on any atom is -0.504 e. The highest BCUT2D eigenvalue weighted by Gasteiger charge is 2.22. The number of hydrogen-bond acceptors (Lipinski definition) is 6. The molecule has 7 heteroatoms. The maximum Gasteiger partial charge on any atom is 0.161 e. The van der Waals surface area contributed by atoms with Gasteiger partial charge in [-0.3, -0.25) is 4.68 Å². The Morgan fingerprint density at radius 1 is 1.26 bits per heavy atom. The number of ether oxygens (including phenoxy) is 1. The highest BCUT2D eigenvalue weighted by Crippen LogP contribution is 2.35. The molecular formula is C16H17N5O2. The molecule has 1 aliphatic rings. The van der Waals surface area contributed by atoms with Crippen LogP contribution in [-0.4, -0.2) is 38.5 Å². The van der Waals surface area contributed by atoms with Crippen LogP contribution < -0.4 is 9.64 Å². The topological polar surface area (TPSA) is 76.3 Å². The number of rotatable bonds is 2. The molecule has 0 radical (unpaired) electrons. The van der Waals surface area contributed by atoms with Crippen LogP contribution in [0.25, 0.3) is 10.9 Å². The Hall–Kier alpha value is -2.83. The molecule has 0 aliphatic carbocycles. The summed E-state index contributed by atoms with van der Waals surface area (Å²) in [5, 5.41) is 15.1. The maximum atomic E-state index is 9.94. The van der Waals surface area contributed by atoms with Crippen molar-refractivity contribution in [1.82, 2.24) is 19.7 Å². The molecule has 0 unspecified atom stereocenters. The van der Waals surface area contributed by atoms with Crippen molar-refractivity contribution in [2.24, 2.45) is 7.05 Å². The van der Waals surface area contributed by atoms with Gasteiger partial charge in [-0.2, -0.15) is 5.10 Å². The summed E-state index contributed by atoms with van der Waals surface area (Å²) in [5.74, 6) is 1.35. The average molecular weight is 311 g/mol. The van der Waals surface area contributed by atoms with Crippen LogP contribution in [0.3, 0.4) is 0 Å². The fourth-order valence-electron chi connectivity index (χ4n) is 3.09. The third-order valence-corrected chi connectivity index (χ3v) is 4.35. The van der Waals surface area contributed by atoms with E-state index >= 15 is 0 Å². The zero-order chi connectivity index (χ0) is 16.0. The Bertz CT molecular complexity index is 890. The summed E-state index contributed by atoms with van der Waals surface area (Å²) in [4.78, 5) is 10.9. The molecule has 118 valence electrons. The van der Waals surface area contributed by atoms with Crippen molar-refractivity contribution < 1.29 is 9.84 Å². The van der Waals surface area contributed by atoms with E-state index in [2.05, 4.69) is 20.0 Å². The predicted molar refractivity (Wildman–Crippen MR) is 85.7 cm³/mol. The summed E-state index contributed by atoms with van der Waals surface area (Å²) >= 11 is 0. The first-order chi connectivity index (χ1) is 11.2. The SMILES string of the molecule is COc1cc2c(N3CCc4cnn(C)c4C3)ncnc2cc1O. The molecule has 3 aromatic rings. The second kappa shape index (κ2) is 5.12. The number of hydrogen-bond donors (Lipinski definition) is 1. The predicted octanol–water partition coefficient (Wildman–Crippen LogP) is 1.64. The molecule has 0 fully saturated rings. The van der Waals surface area contributed by atoms with Crippen molar-refractivity contribution in [3.05, 3.63) is 35.9 Å². The lowest BCUT2D eigenvalue weighted by molar-refractivity contribution is 0.374. The number of anilines is 1. The second-order valence-corrected chi connectivity index (χ2v) is 5.65. The lowest BCUT2D eigenvalue weighted by Crippen LogP contribution is -2.32. The standard InChI is InChI=1S/C16H17N5O2/c1-20-13-8-21(4-3-10(13)7-19-20)16-11-5-15(23-2)14(22)6-12(11)17-9-18-16/h5-7,9,22H,3-4,8H2,1-2H3. The number of aryl methyl sites for hydroxylation is 1. The molecule has 2 aromatic heterocycles. The monoisotopic (exact) mass is 311 g/mol. The quantitative estimate of drug-likeness (QED) is 0.775. The van der Waals surface area contributed by atoms with Crippen molar-refractivity contribution in [2.75, 3.05) is 18.6 Å². The van der Waals surface area contributed by atoms with Crippen LogP contribution in [0.4, 0.5) is 5.82 Å². The molecule has 4 rings (SSSR count). The molecule has 0 saturated carbocycles. The largest absolute Gasteiger partial charge is 0.504 e. The molecule has 7 nitrogen and oxygen atoms in total. The van der Waals surface area contributed by atoms with E-state index in [1.165, 1.54) is 24.7 Å². The van der Waals surface area contributed by atoms with Crippen molar-refractivity contribution in [3.63, 3.8) is 0 Å². The number of nitrogens with zero attached hydrogens (tertiary/aromatic N) is 5. The summed E-state index contributed by atoms with van der Waals surface area (Å²) in [6.07, 6.45) is 4.40. The van der Waals surface area contributed by atoms with Gasteiger partial charge in [0.1, 0.15) is 12.1 Å². The van der Waals surface area contributed by atoms with E-state index < -0.39 is 0 Å². The van der Waals surface area contributed by atoms with Gasteiger partial charge >= 0.3 is 0 Å². The van der Waals surface area contributed by atoms with Crippen molar-refractivity contribution in [3.8, 4) is 11.5 Å². The third-order valence-electron chi connectivity index (χ3n) is 4.35. The Kier molecular flexibility index (Phi) is 3.07. The molecule has 0 saturated heterocycles. The zero-order valence-corrected chi connectivity index (χ0v) is 13.0. The molecule has 23 heavy (non-hydrogen) atoms. The van der Waals surface area contributed by atoms with Gasteiger partial charge in [0.25, 0.3) is 0 Å². The molecule has 0 bridgehead atoms.